The number of thioether (sulfide) groups is 1. The third kappa shape index (κ3) is 2.95. The first-order chi connectivity index (χ1) is 8.65. The summed E-state index contributed by atoms with van der Waals surface area (Å²) < 4.78 is 60.6. The number of alkyl halides is 3. The summed E-state index contributed by atoms with van der Waals surface area (Å²) in [6.07, 6.45) is 3.64. The van der Waals surface area contributed by atoms with E-state index in [9.17, 15) is 21.6 Å². The zero-order valence-corrected chi connectivity index (χ0v) is 11.4. The van der Waals surface area contributed by atoms with Crippen LogP contribution in [-0.4, -0.2) is 35.3 Å². The highest BCUT2D eigenvalue weighted by Crippen LogP contribution is 2.34. The maximum atomic E-state index is 12.5. The lowest BCUT2D eigenvalue weighted by molar-refractivity contribution is -0.0435. The number of nitriles is 1. The molecular formula is C8H9F3N4O2S2. The molecular weight excluding hydrogens is 305 g/mol. The monoisotopic (exact) mass is 314 g/mol. The average molecular weight is 314 g/mol. The van der Waals surface area contributed by atoms with Crippen molar-refractivity contribution in [1.29, 1.82) is 5.26 Å². The maximum Gasteiger partial charge on any atom is 0.502 e. The molecule has 0 amide bonds. The molecule has 0 aliphatic heterocycles. The van der Waals surface area contributed by atoms with Crippen molar-refractivity contribution in [3.8, 4) is 6.19 Å². The Hall–Kier alpha value is -1.41. The molecule has 0 fully saturated rings. The van der Waals surface area contributed by atoms with E-state index < -0.39 is 31.4 Å². The fraction of sp³-hybridized carbons (Fsp3) is 0.500. The molecule has 1 heterocycles. The van der Waals surface area contributed by atoms with Crippen molar-refractivity contribution >= 4 is 27.4 Å². The van der Waals surface area contributed by atoms with E-state index in [1.54, 1.807) is 13.2 Å². The van der Waals surface area contributed by atoms with E-state index in [-0.39, 0.29) is 0 Å². The van der Waals surface area contributed by atoms with E-state index >= 15 is 0 Å². The van der Waals surface area contributed by atoms with Crippen LogP contribution in [0, 0.1) is 11.5 Å². The number of nitrogens with zero attached hydrogens (tertiary/aromatic N) is 3. The molecule has 19 heavy (non-hydrogen) atoms. The molecule has 1 aromatic heterocycles. The molecule has 1 atom stereocenters. The van der Waals surface area contributed by atoms with Gasteiger partial charge < -0.3 is 5.32 Å². The van der Waals surface area contributed by atoms with Crippen LogP contribution in [0.25, 0.3) is 0 Å². The van der Waals surface area contributed by atoms with Crippen LogP contribution in [0.4, 0.5) is 19.0 Å². The Bertz CT molecular complexity index is 602. The SMILES string of the molecule is CSC(C)Nc1c(S(=O)(=O)C(F)(F)F)cnn1C#N. The lowest BCUT2D eigenvalue weighted by Gasteiger charge is -2.14. The average Bonchev–Trinajstić information content (AvgIpc) is 2.70. The Kier molecular flexibility index (Phi) is 4.36. The lowest BCUT2D eigenvalue weighted by atomic mass is 10.6. The zero-order chi connectivity index (χ0) is 14.8. The van der Waals surface area contributed by atoms with Crippen LogP contribution in [0.1, 0.15) is 6.92 Å². The summed E-state index contributed by atoms with van der Waals surface area (Å²) in [4.78, 5) is -1.07. The van der Waals surface area contributed by atoms with E-state index in [1.165, 1.54) is 18.0 Å². The topological polar surface area (TPSA) is 87.8 Å². The van der Waals surface area contributed by atoms with Crippen molar-refractivity contribution in [2.45, 2.75) is 22.7 Å². The number of hydrogen-bond donors (Lipinski definition) is 1. The van der Waals surface area contributed by atoms with Gasteiger partial charge in [0.15, 0.2) is 5.82 Å². The summed E-state index contributed by atoms with van der Waals surface area (Å²) in [6, 6.07) is 0. The first kappa shape index (κ1) is 15.6. The molecule has 0 saturated carbocycles. The summed E-state index contributed by atoms with van der Waals surface area (Å²) in [6.45, 7) is 1.60. The van der Waals surface area contributed by atoms with Crippen LogP contribution in [0.15, 0.2) is 11.1 Å². The standard InChI is InChI=1S/C8H9F3N4O2S2/c1-5(18-2)14-7-6(3-13-15(7)4-12)19(16,17)8(9,10)11/h3,5,14H,1-2H3. The number of sulfone groups is 1. The maximum absolute atomic E-state index is 12.5. The fourth-order valence-electron chi connectivity index (χ4n) is 1.11. The van der Waals surface area contributed by atoms with Gasteiger partial charge in [-0.1, -0.05) is 0 Å². The molecule has 106 valence electrons. The van der Waals surface area contributed by atoms with Crippen molar-refractivity contribution in [1.82, 2.24) is 9.78 Å². The minimum atomic E-state index is -5.56. The number of nitrogens with one attached hydrogen (secondary N) is 1. The van der Waals surface area contributed by atoms with Crippen LogP contribution < -0.4 is 5.32 Å². The van der Waals surface area contributed by atoms with Gasteiger partial charge in [0.1, 0.15) is 4.90 Å². The Morgan fingerprint density at radius 1 is 1.58 bits per heavy atom. The molecule has 1 N–H and O–H groups in total. The molecule has 11 heteroatoms. The van der Waals surface area contributed by atoms with Gasteiger partial charge in [-0.15, -0.1) is 16.4 Å². The molecule has 0 saturated heterocycles. The van der Waals surface area contributed by atoms with Gasteiger partial charge in [0.05, 0.1) is 11.6 Å². The summed E-state index contributed by atoms with van der Waals surface area (Å²) in [5.74, 6) is -0.498. The van der Waals surface area contributed by atoms with Crippen LogP contribution in [0.3, 0.4) is 0 Å². The number of hydrogen-bond acceptors (Lipinski definition) is 6. The van der Waals surface area contributed by atoms with Crippen LogP contribution >= 0.6 is 11.8 Å². The molecule has 0 aliphatic rings. The van der Waals surface area contributed by atoms with Crippen molar-refractivity contribution < 1.29 is 21.6 Å². The predicted molar refractivity (Wildman–Crippen MR) is 63.1 cm³/mol. The van der Waals surface area contributed by atoms with E-state index in [4.69, 9.17) is 5.26 Å². The molecule has 0 bridgehead atoms. The molecule has 0 aromatic carbocycles. The summed E-state index contributed by atoms with van der Waals surface area (Å²) >= 11 is 1.23. The Balaban J connectivity index is 3.39. The second-order valence-corrected chi connectivity index (χ2v) is 6.43. The van der Waals surface area contributed by atoms with Gasteiger partial charge in [0.2, 0.25) is 6.19 Å². The molecule has 6 nitrogen and oxygen atoms in total. The Morgan fingerprint density at radius 2 is 2.16 bits per heavy atom. The molecule has 0 radical (unpaired) electrons. The van der Waals surface area contributed by atoms with Crippen molar-refractivity contribution in [2.75, 3.05) is 11.6 Å². The van der Waals surface area contributed by atoms with Crippen LogP contribution in [0.5, 0.6) is 0 Å². The molecule has 0 spiro atoms. The lowest BCUT2D eigenvalue weighted by Crippen LogP contribution is -2.25. The van der Waals surface area contributed by atoms with Gasteiger partial charge in [-0.25, -0.2) is 8.42 Å². The van der Waals surface area contributed by atoms with E-state index in [1.807, 2.05) is 0 Å². The molecule has 1 rings (SSSR count). The number of aromatic nitrogens is 2. The summed E-state index contributed by atoms with van der Waals surface area (Å²) in [5.41, 5.74) is -5.45. The first-order valence-electron chi connectivity index (χ1n) is 4.74. The van der Waals surface area contributed by atoms with Crippen LogP contribution in [-0.2, 0) is 9.84 Å². The predicted octanol–water partition coefficient (Wildman–Crippen LogP) is 1.63. The van der Waals surface area contributed by atoms with Crippen molar-refractivity contribution in [3.63, 3.8) is 0 Å². The van der Waals surface area contributed by atoms with Gasteiger partial charge >= 0.3 is 5.51 Å². The minimum Gasteiger partial charge on any atom is -0.357 e. The molecule has 1 unspecified atom stereocenters. The third-order valence-electron chi connectivity index (χ3n) is 2.12. The Morgan fingerprint density at radius 3 is 2.58 bits per heavy atom. The highest BCUT2D eigenvalue weighted by molar-refractivity contribution is 7.99. The second kappa shape index (κ2) is 5.30. The van der Waals surface area contributed by atoms with E-state index in [2.05, 4.69) is 10.4 Å². The molecule has 1 aromatic rings. The fourth-order valence-corrected chi connectivity index (χ4v) is 2.18. The largest absolute Gasteiger partial charge is 0.502 e. The smallest absolute Gasteiger partial charge is 0.357 e. The van der Waals surface area contributed by atoms with Gasteiger partial charge in [0.25, 0.3) is 9.84 Å². The highest BCUT2D eigenvalue weighted by atomic mass is 32.2. The van der Waals surface area contributed by atoms with Crippen LogP contribution in [0.2, 0.25) is 0 Å². The Labute approximate surface area is 111 Å². The van der Waals surface area contributed by atoms with Crippen molar-refractivity contribution in [3.05, 3.63) is 6.20 Å². The van der Waals surface area contributed by atoms with E-state index in [0.29, 0.717) is 10.9 Å². The van der Waals surface area contributed by atoms with Gasteiger partial charge in [0, 0.05) is 0 Å². The van der Waals surface area contributed by atoms with Crippen molar-refractivity contribution in [2.24, 2.45) is 0 Å². The minimum absolute atomic E-state index is 0.397. The summed E-state index contributed by atoms with van der Waals surface area (Å²) in [7, 11) is -5.56. The number of anilines is 1. The highest BCUT2D eigenvalue weighted by Gasteiger charge is 2.49. The van der Waals surface area contributed by atoms with Gasteiger partial charge in [-0.3, -0.25) is 0 Å². The molecule has 0 aliphatic carbocycles. The first-order valence-corrected chi connectivity index (χ1v) is 7.51. The van der Waals surface area contributed by atoms with E-state index in [0.717, 1.165) is 0 Å². The quantitative estimate of drug-likeness (QED) is 0.850. The van der Waals surface area contributed by atoms with Gasteiger partial charge in [-0.05, 0) is 13.2 Å². The summed E-state index contributed by atoms with van der Waals surface area (Å²) in [5, 5.41) is 14.1. The second-order valence-electron chi connectivity index (χ2n) is 3.34. The number of halogens is 3. The van der Waals surface area contributed by atoms with Gasteiger partial charge in [-0.2, -0.15) is 23.5 Å². The normalized spacial score (nSPS) is 13.9. The number of rotatable bonds is 4. The third-order valence-corrected chi connectivity index (χ3v) is 4.43. The zero-order valence-electron chi connectivity index (χ0n) is 9.76.